The molecular formula is C12H6Cl2FN3O3. The number of benzene rings is 1. The number of nitrogens with zero attached hydrogens (tertiary/aromatic N) is 2. The Morgan fingerprint density at radius 3 is 2.52 bits per heavy atom. The molecular weight excluding hydrogens is 324 g/mol. The lowest BCUT2D eigenvalue weighted by atomic mass is 10.1. The van der Waals surface area contributed by atoms with E-state index in [0.29, 0.717) is 0 Å². The van der Waals surface area contributed by atoms with E-state index < -0.39 is 23.3 Å². The van der Waals surface area contributed by atoms with Gasteiger partial charge in [0.05, 0.1) is 16.8 Å². The third-order valence-corrected chi connectivity index (χ3v) is 2.89. The molecule has 6 nitrogen and oxygen atoms in total. The van der Waals surface area contributed by atoms with E-state index in [-0.39, 0.29) is 21.6 Å². The van der Waals surface area contributed by atoms with Crippen molar-refractivity contribution in [3.05, 3.63) is 51.5 Å². The summed E-state index contributed by atoms with van der Waals surface area (Å²) in [6.45, 7) is 0. The number of rotatable bonds is 3. The highest BCUT2D eigenvalue weighted by Crippen LogP contribution is 2.21. The van der Waals surface area contributed by atoms with Crippen LogP contribution in [0.25, 0.3) is 0 Å². The monoisotopic (exact) mass is 329 g/mol. The van der Waals surface area contributed by atoms with Gasteiger partial charge in [-0.25, -0.2) is 9.18 Å². The Hall–Kier alpha value is -2.25. The van der Waals surface area contributed by atoms with Crippen molar-refractivity contribution in [1.82, 2.24) is 10.2 Å². The quantitative estimate of drug-likeness (QED) is 0.903. The molecule has 108 valence electrons. The number of hydrogen-bond donors (Lipinski definition) is 2. The summed E-state index contributed by atoms with van der Waals surface area (Å²) in [5, 5.41) is 17.9. The lowest BCUT2D eigenvalue weighted by Crippen LogP contribution is -2.16. The molecule has 9 heteroatoms. The van der Waals surface area contributed by atoms with Gasteiger partial charge in [-0.05, 0) is 24.3 Å². The minimum Gasteiger partial charge on any atom is -0.478 e. The molecule has 0 saturated carbocycles. The van der Waals surface area contributed by atoms with Crippen LogP contribution < -0.4 is 5.32 Å². The molecule has 0 spiro atoms. The van der Waals surface area contributed by atoms with Gasteiger partial charge in [0.15, 0.2) is 10.3 Å². The Morgan fingerprint density at radius 1 is 1.14 bits per heavy atom. The minimum absolute atomic E-state index is 0.0536. The van der Waals surface area contributed by atoms with Gasteiger partial charge in [0.25, 0.3) is 5.91 Å². The molecule has 1 aromatic carbocycles. The third kappa shape index (κ3) is 3.45. The van der Waals surface area contributed by atoms with Crippen molar-refractivity contribution in [3.8, 4) is 0 Å². The number of halogens is 3. The van der Waals surface area contributed by atoms with Crippen LogP contribution in [0.3, 0.4) is 0 Å². The molecule has 0 fully saturated rings. The Kier molecular flexibility index (Phi) is 4.35. The standard InChI is InChI=1S/C12H6Cl2FN3O3/c13-9-4-7(10(14)18-17-9)11(19)16-8-2-1-5(15)3-6(8)12(20)21/h1-4H,(H,16,19)(H,20,21). The van der Waals surface area contributed by atoms with Gasteiger partial charge < -0.3 is 10.4 Å². The molecule has 2 N–H and O–H groups in total. The molecule has 0 aliphatic heterocycles. The molecule has 1 heterocycles. The summed E-state index contributed by atoms with van der Waals surface area (Å²) < 4.78 is 13.1. The zero-order valence-electron chi connectivity index (χ0n) is 10.1. The number of carbonyl (C=O) groups excluding carboxylic acids is 1. The van der Waals surface area contributed by atoms with Crippen LogP contribution in [0.1, 0.15) is 20.7 Å². The molecule has 21 heavy (non-hydrogen) atoms. The van der Waals surface area contributed by atoms with Crippen LogP contribution in [0.5, 0.6) is 0 Å². The molecule has 0 atom stereocenters. The zero-order valence-corrected chi connectivity index (χ0v) is 11.6. The van der Waals surface area contributed by atoms with Gasteiger partial charge in [-0.15, -0.1) is 10.2 Å². The second-order valence-corrected chi connectivity index (χ2v) is 4.57. The van der Waals surface area contributed by atoms with Gasteiger partial charge in [-0.2, -0.15) is 0 Å². The zero-order chi connectivity index (χ0) is 15.6. The highest BCUT2D eigenvalue weighted by atomic mass is 35.5. The predicted octanol–water partition coefficient (Wildman–Crippen LogP) is 2.87. The maximum Gasteiger partial charge on any atom is 0.337 e. The number of carboxylic acid groups (broad SMARTS) is 1. The van der Waals surface area contributed by atoms with Gasteiger partial charge >= 0.3 is 5.97 Å². The van der Waals surface area contributed by atoms with E-state index in [1.807, 2.05) is 0 Å². The molecule has 0 aliphatic carbocycles. The number of aromatic nitrogens is 2. The highest BCUT2D eigenvalue weighted by Gasteiger charge is 2.17. The van der Waals surface area contributed by atoms with Gasteiger partial charge in [-0.3, -0.25) is 4.79 Å². The van der Waals surface area contributed by atoms with E-state index in [4.69, 9.17) is 28.3 Å². The summed E-state index contributed by atoms with van der Waals surface area (Å²) in [6, 6.07) is 4.11. The van der Waals surface area contributed by atoms with E-state index in [0.717, 1.165) is 18.2 Å². The number of anilines is 1. The van der Waals surface area contributed by atoms with Crippen molar-refractivity contribution >= 4 is 40.8 Å². The summed E-state index contributed by atoms with van der Waals surface area (Å²) in [5.74, 6) is -2.87. The first-order valence-corrected chi connectivity index (χ1v) is 6.17. The molecule has 1 aromatic heterocycles. The summed E-state index contributed by atoms with van der Waals surface area (Å²) >= 11 is 11.3. The van der Waals surface area contributed by atoms with E-state index in [9.17, 15) is 14.0 Å². The Morgan fingerprint density at radius 2 is 1.86 bits per heavy atom. The SMILES string of the molecule is O=C(O)c1cc(F)ccc1NC(=O)c1cc(Cl)nnc1Cl. The number of carbonyl (C=O) groups is 2. The summed E-state index contributed by atoms with van der Waals surface area (Å²) in [4.78, 5) is 23.1. The summed E-state index contributed by atoms with van der Waals surface area (Å²) in [7, 11) is 0. The molecule has 2 aromatic rings. The fraction of sp³-hybridized carbons (Fsp3) is 0. The average molecular weight is 330 g/mol. The molecule has 0 unspecified atom stereocenters. The smallest absolute Gasteiger partial charge is 0.337 e. The van der Waals surface area contributed by atoms with E-state index in [2.05, 4.69) is 15.5 Å². The normalized spacial score (nSPS) is 10.2. The van der Waals surface area contributed by atoms with E-state index >= 15 is 0 Å². The van der Waals surface area contributed by atoms with Crippen molar-refractivity contribution < 1.29 is 19.1 Å². The van der Waals surface area contributed by atoms with E-state index in [1.54, 1.807) is 0 Å². The van der Waals surface area contributed by atoms with Crippen LogP contribution in [0.15, 0.2) is 24.3 Å². The average Bonchev–Trinajstić information content (AvgIpc) is 2.43. The van der Waals surface area contributed by atoms with Crippen LogP contribution in [0.2, 0.25) is 10.3 Å². The van der Waals surface area contributed by atoms with Gasteiger partial charge in [0, 0.05) is 0 Å². The summed E-state index contributed by atoms with van der Waals surface area (Å²) in [6.07, 6.45) is 0. The van der Waals surface area contributed by atoms with Gasteiger partial charge in [0.2, 0.25) is 0 Å². The number of amides is 1. The van der Waals surface area contributed by atoms with Gasteiger partial charge in [0.1, 0.15) is 5.82 Å². The first kappa shape index (κ1) is 15.1. The van der Waals surface area contributed by atoms with Crippen molar-refractivity contribution in [3.63, 3.8) is 0 Å². The Bertz CT molecular complexity index is 740. The number of aromatic carboxylic acids is 1. The topological polar surface area (TPSA) is 92.2 Å². The molecule has 0 bridgehead atoms. The lowest BCUT2D eigenvalue weighted by Gasteiger charge is -2.09. The summed E-state index contributed by atoms with van der Waals surface area (Å²) in [5.41, 5.74) is -0.567. The van der Waals surface area contributed by atoms with E-state index in [1.165, 1.54) is 6.07 Å². The van der Waals surface area contributed by atoms with Crippen LogP contribution in [-0.2, 0) is 0 Å². The molecule has 1 amide bonds. The largest absolute Gasteiger partial charge is 0.478 e. The fourth-order valence-electron chi connectivity index (χ4n) is 1.50. The second kappa shape index (κ2) is 6.02. The van der Waals surface area contributed by atoms with Crippen molar-refractivity contribution in [2.75, 3.05) is 5.32 Å². The Labute approximate surface area is 127 Å². The van der Waals surface area contributed by atoms with Crippen LogP contribution in [-0.4, -0.2) is 27.2 Å². The third-order valence-electron chi connectivity index (χ3n) is 2.42. The number of carboxylic acids is 1. The molecule has 0 radical (unpaired) electrons. The van der Waals surface area contributed by atoms with Gasteiger partial charge in [-0.1, -0.05) is 23.2 Å². The molecule has 2 rings (SSSR count). The van der Waals surface area contributed by atoms with Crippen LogP contribution in [0, 0.1) is 5.82 Å². The first-order valence-electron chi connectivity index (χ1n) is 5.41. The fourth-order valence-corrected chi connectivity index (χ4v) is 1.83. The highest BCUT2D eigenvalue weighted by molar-refractivity contribution is 6.34. The first-order chi connectivity index (χ1) is 9.88. The predicted molar refractivity (Wildman–Crippen MR) is 73.4 cm³/mol. The molecule has 0 aliphatic rings. The number of nitrogens with one attached hydrogen (secondary N) is 1. The maximum absolute atomic E-state index is 13.1. The lowest BCUT2D eigenvalue weighted by molar-refractivity contribution is 0.0697. The second-order valence-electron chi connectivity index (χ2n) is 3.82. The number of hydrogen-bond acceptors (Lipinski definition) is 4. The maximum atomic E-state index is 13.1. The van der Waals surface area contributed by atoms with Crippen molar-refractivity contribution in [1.29, 1.82) is 0 Å². The van der Waals surface area contributed by atoms with Crippen molar-refractivity contribution in [2.45, 2.75) is 0 Å². The minimum atomic E-state index is -1.39. The van der Waals surface area contributed by atoms with Crippen LogP contribution in [0.4, 0.5) is 10.1 Å². The molecule has 0 saturated heterocycles. The van der Waals surface area contributed by atoms with Crippen LogP contribution >= 0.6 is 23.2 Å². The van der Waals surface area contributed by atoms with Crippen molar-refractivity contribution in [2.24, 2.45) is 0 Å². The Balaban J connectivity index is 2.36.